The van der Waals surface area contributed by atoms with Gasteiger partial charge in [-0.15, -0.1) is 0 Å². The number of nitrogens with zero attached hydrogens (tertiary/aromatic N) is 1. The molecule has 0 saturated carbocycles. The van der Waals surface area contributed by atoms with Crippen LogP contribution < -0.4 is 3.71 Å². The maximum absolute atomic E-state index is 6.04. The van der Waals surface area contributed by atoms with Gasteiger partial charge in [-0.25, -0.2) is 0 Å². The molecule has 0 aromatic carbocycles. The van der Waals surface area contributed by atoms with Crippen LogP contribution in [0, 0.1) is 0 Å². The second kappa shape index (κ2) is 10.0. The quantitative estimate of drug-likeness (QED) is 0.451. The van der Waals surface area contributed by atoms with E-state index in [1.807, 2.05) is 6.20 Å². The van der Waals surface area contributed by atoms with Gasteiger partial charge in [-0.1, -0.05) is 0 Å². The van der Waals surface area contributed by atoms with Crippen molar-refractivity contribution in [3.05, 3.63) is 23.4 Å². The number of pyridine rings is 1. The molecule has 0 aliphatic carbocycles. The van der Waals surface area contributed by atoms with E-state index >= 15 is 0 Å². The van der Waals surface area contributed by atoms with E-state index in [-0.39, 0.29) is 0 Å². The Balaban J connectivity index is 3.00. The van der Waals surface area contributed by atoms with Crippen molar-refractivity contribution in [1.82, 2.24) is 4.98 Å². The van der Waals surface area contributed by atoms with E-state index in [1.54, 1.807) is 0 Å². The minimum absolute atomic E-state index is 0.774. The average molecular weight is 403 g/mol. The molecule has 1 aromatic heterocycles. The number of aromatic nitrogens is 1. The first-order valence-electron chi connectivity index (χ1n) is 8.30. The fourth-order valence-electron chi connectivity index (χ4n) is 2.99. The fourth-order valence-corrected chi connectivity index (χ4v) is 18.5. The zero-order valence-electron chi connectivity index (χ0n) is 13.4. The third-order valence-electron chi connectivity index (χ3n) is 4.30. The van der Waals surface area contributed by atoms with Gasteiger partial charge in [0.05, 0.1) is 0 Å². The van der Waals surface area contributed by atoms with Crippen molar-refractivity contribution in [3.63, 3.8) is 0 Å². The van der Waals surface area contributed by atoms with E-state index in [1.165, 1.54) is 55.5 Å². The van der Waals surface area contributed by atoms with Crippen LogP contribution in [0.4, 0.5) is 0 Å². The van der Waals surface area contributed by atoms with E-state index in [0.717, 1.165) is 5.02 Å². The molecule has 0 aliphatic heterocycles. The number of rotatable bonds is 10. The SMILES string of the molecule is CCC[CH2][Sn]([CH2]CCC)([CH2]CCC)[c]1ccc(Cl)cn1. The Morgan fingerprint density at radius 1 is 0.900 bits per heavy atom. The van der Waals surface area contributed by atoms with Crippen molar-refractivity contribution >= 4 is 33.7 Å². The van der Waals surface area contributed by atoms with E-state index < -0.39 is 18.4 Å². The second-order valence-corrected chi connectivity index (χ2v) is 19.4. The molecule has 0 radical (unpaired) electrons. The van der Waals surface area contributed by atoms with Crippen LogP contribution in [0.15, 0.2) is 18.3 Å². The number of unbranched alkanes of at least 4 members (excludes halogenated alkanes) is 3. The van der Waals surface area contributed by atoms with E-state index in [0.29, 0.717) is 0 Å². The summed E-state index contributed by atoms with van der Waals surface area (Å²) in [5, 5.41) is 0.774. The summed E-state index contributed by atoms with van der Waals surface area (Å²) in [6, 6.07) is 4.30. The molecule has 3 heteroatoms. The third-order valence-corrected chi connectivity index (χ3v) is 19.7. The van der Waals surface area contributed by atoms with Gasteiger partial charge < -0.3 is 0 Å². The van der Waals surface area contributed by atoms with Gasteiger partial charge in [0.25, 0.3) is 0 Å². The molecule has 1 rings (SSSR count). The summed E-state index contributed by atoms with van der Waals surface area (Å²) in [5.41, 5.74) is 0. The number of hydrogen-bond acceptors (Lipinski definition) is 1. The van der Waals surface area contributed by atoms with Gasteiger partial charge in [-0.05, 0) is 0 Å². The standard InChI is InChI=1S/C5H3ClN.3C4H9.Sn/c6-5-2-1-3-7-4-5;3*1-3-4-2;/h1-2,4H;3*1,3-4H2,2H3;. The normalized spacial score (nSPS) is 11.8. The molecule has 1 aromatic rings. The van der Waals surface area contributed by atoms with Crippen LogP contribution in [0.2, 0.25) is 18.3 Å². The molecule has 0 N–H and O–H groups in total. The van der Waals surface area contributed by atoms with Crippen LogP contribution in [-0.2, 0) is 0 Å². The summed E-state index contributed by atoms with van der Waals surface area (Å²) in [5.74, 6) is 0. The number of halogens is 1. The molecule has 20 heavy (non-hydrogen) atoms. The van der Waals surface area contributed by atoms with Crippen LogP contribution >= 0.6 is 11.6 Å². The van der Waals surface area contributed by atoms with Crippen molar-refractivity contribution in [2.45, 2.75) is 72.6 Å². The molecule has 0 spiro atoms. The monoisotopic (exact) mass is 403 g/mol. The Hall–Kier alpha value is 0.239. The first-order valence-corrected chi connectivity index (χ1v) is 16.2. The van der Waals surface area contributed by atoms with Crippen LogP contribution in [0.3, 0.4) is 0 Å². The van der Waals surface area contributed by atoms with Gasteiger partial charge in [0, 0.05) is 0 Å². The fraction of sp³-hybridized carbons (Fsp3) is 0.706. The molecule has 0 bridgehead atoms. The molecule has 114 valence electrons. The predicted molar refractivity (Wildman–Crippen MR) is 93.8 cm³/mol. The van der Waals surface area contributed by atoms with Crippen LogP contribution in [-0.4, -0.2) is 23.4 Å². The van der Waals surface area contributed by atoms with Crippen molar-refractivity contribution in [2.75, 3.05) is 0 Å². The Morgan fingerprint density at radius 2 is 1.40 bits per heavy atom. The van der Waals surface area contributed by atoms with Crippen molar-refractivity contribution in [1.29, 1.82) is 0 Å². The zero-order chi connectivity index (χ0) is 14.8. The minimum atomic E-state index is -2.30. The Labute approximate surface area is 134 Å². The van der Waals surface area contributed by atoms with Crippen LogP contribution in [0.5, 0.6) is 0 Å². The summed E-state index contributed by atoms with van der Waals surface area (Å²) in [6.07, 6.45) is 9.95. The molecule has 0 saturated heterocycles. The summed E-state index contributed by atoms with van der Waals surface area (Å²) in [4.78, 5) is 4.77. The average Bonchev–Trinajstić information content (AvgIpc) is 2.48. The first kappa shape index (κ1) is 18.3. The summed E-state index contributed by atoms with van der Waals surface area (Å²) in [7, 11) is 0. The zero-order valence-corrected chi connectivity index (χ0v) is 17.0. The summed E-state index contributed by atoms with van der Waals surface area (Å²) < 4.78 is 5.89. The van der Waals surface area contributed by atoms with Crippen LogP contribution in [0.1, 0.15) is 59.3 Å². The molecule has 0 fully saturated rings. The Kier molecular flexibility index (Phi) is 9.19. The third kappa shape index (κ3) is 5.55. The Morgan fingerprint density at radius 3 is 1.75 bits per heavy atom. The van der Waals surface area contributed by atoms with Gasteiger partial charge in [-0.3, -0.25) is 0 Å². The van der Waals surface area contributed by atoms with Gasteiger partial charge in [0.1, 0.15) is 0 Å². The summed E-state index contributed by atoms with van der Waals surface area (Å²) >= 11 is 3.74. The molecule has 0 aliphatic rings. The van der Waals surface area contributed by atoms with E-state index in [4.69, 9.17) is 16.6 Å². The number of hydrogen-bond donors (Lipinski definition) is 0. The van der Waals surface area contributed by atoms with Gasteiger partial charge >= 0.3 is 135 Å². The predicted octanol–water partition coefficient (Wildman–Crippen LogP) is 5.79. The maximum atomic E-state index is 6.04. The molecule has 0 amide bonds. The van der Waals surface area contributed by atoms with Crippen molar-refractivity contribution in [3.8, 4) is 0 Å². The van der Waals surface area contributed by atoms with E-state index in [2.05, 4.69) is 32.9 Å². The molecule has 1 nitrogen and oxygen atoms in total. The first-order chi connectivity index (χ1) is 9.68. The molecule has 0 atom stereocenters. The molecular formula is C17H30ClNSn. The van der Waals surface area contributed by atoms with Crippen molar-refractivity contribution < 1.29 is 0 Å². The summed E-state index contributed by atoms with van der Waals surface area (Å²) in [6.45, 7) is 6.93. The van der Waals surface area contributed by atoms with Gasteiger partial charge in [-0.2, -0.15) is 0 Å². The molecule has 0 unspecified atom stereocenters. The Bertz CT molecular complexity index is 342. The second-order valence-electron chi connectivity index (χ2n) is 5.95. The molecule has 1 heterocycles. The topological polar surface area (TPSA) is 12.9 Å². The molecular weight excluding hydrogens is 372 g/mol. The van der Waals surface area contributed by atoms with E-state index in [9.17, 15) is 0 Å². The van der Waals surface area contributed by atoms with Crippen LogP contribution in [0.25, 0.3) is 0 Å². The van der Waals surface area contributed by atoms with Gasteiger partial charge in [0.2, 0.25) is 0 Å². The van der Waals surface area contributed by atoms with Gasteiger partial charge in [0.15, 0.2) is 0 Å². The van der Waals surface area contributed by atoms with Crippen molar-refractivity contribution in [2.24, 2.45) is 0 Å².